The van der Waals surface area contributed by atoms with Gasteiger partial charge in [0.1, 0.15) is 5.92 Å². The first kappa shape index (κ1) is 16.4. The van der Waals surface area contributed by atoms with Gasteiger partial charge in [0.2, 0.25) is 11.8 Å². The molecule has 6 heteroatoms. The molecule has 2 aromatic carbocycles. The Labute approximate surface area is 155 Å². The number of hydrogen-bond acceptors (Lipinski definition) is 4. The summed E-state index contributed by atoms with van der Waals surface area (Å²) in [5, 5.41) is 25.8. The van der Waals surface area contributed by atoms with Gasteiger partial charge in [-0.25, -0.2) is 0 Å². The van der Waals surface area contributed by atoms with E-state index in [0.717, 1.165) is 27.9 Å². The third-order valence-electron chi connectivity index (χ3n) is 4.70. The third kappa shape index (κ3) is 2.56. The normalized spacial score (nSPS) is 18.7. The van der Waals surface area contributed by atoms with Crippen molar-refractivity contribution >= 4 is 17.5 Å². The summed E-state index contributed by atoms with van der Waals surface area (Å²) in [6, 6.07) is 17.5. The van der Waals surface area contributed by atoms with Gasteiger partial charge in [-0.2, -0.15) is 5.26 Å². The van der Waals surface area contributed by atoms with Gasteiger partial charge in [-0.15, -0.1) is 5.10 Å². The number of aromatic amines is 1. The first-order valence-corrected chi connectivity index (χ1v) is 8.53. The number of nitrogens with zero attached hydrogens (tertiary/aromatic N) is 2. The van der Waals surface area contributed by atoms with Crippen LogP contribution in [-0.4, -0.2) is 16.1 Å². The number of aryl methyl sites for hydroxylation is 1. The molecule has 0 saturated heterocycles. The van der Waals surface area contributed by atoms with E-state index in [1.807, 2.05) is 43.3 Å². The minimum absolute atomic E-state index is 0.0811. The molecule has 2 N–H and O–H groups in total. The van der Waals surface area contributed by atoms with Gasteiger partial charge in [0, 0.05) is 16.5 Å². The van der Waals surface area contributed by atoms with Crippen molar-refractivity contribution in [2.75, 3.05) is 0 Å². The number of aromatic nitrogens is 2. The maximum absolute atomic E-state index is 9.73. The third-order valence-corrected chi connectivity index (χ3v) is 4.95. The quantitative estimate of drug-likeness (QED) is 0.694. The highest BCUT2D eigenvalue weighted by Gasteiger charge is 2.41. The number of nitrogens with one attached hydrogen (secondary N) is 2. The number of halogens is 1. The van der Waals surface area contributed by atoms with Crippen molar-refractivity contribution in [3.8, 4) is 23.2 Å². The Morgan fingerprint density at radius 2 is 1.92 bits per heavy atom. The predicted molar refractivity (Wildman–Crippen MR) is 99.5 cm³/mol. The summed E-state index contributed by atoms with van der Waals surface area (Å²) in [6.45, 7) is 2.00. The highest BCUT2D eigenvalue weighted by molar-refractivity contribution is 6.30. The Morgan fingerprint density at radius 3 is 2.62 bits per heavy atom. The predicted octanol–water partition coefficient (Wildman–Crippen LogP) is 4.68. The molecule has 128 valence electrons. The van der Waals surface area contributed by atoms with Gasteiger partial charge < -0.3 is 4.74 Å². The van der Waals surface area contributed by atoms with E-state index in [1.54, 1.807) is 12.1 Å². The Balaban J connectivity index is 1.96. The summed E-state index contributed by atoms with van der Waals surface area (Å²) in [7, 11) is 0. The second kappa shape index (κ2) is 6.32. The molecule has 1 aliphatic heterocycles. The van der Waals surface area contributed by atoms with Crippen molar-refractivity contribution in [2.24, 2.45) is 5.92 Å². The Hall–Kier alpha value is -3.10. The van der Waals surface area contributed by atoms with Crippen LogP contribution in [-0.2, 0) is 0 Å². The summed E-state index contributed by atoms with van der Waals surface area (Å²) in [5.74, 6) is -0.781. The van der Waals surface area contributed by atoms with Gasteiger partial charge in [0.25, 0.3) is 0 Å². The van der Waals surface area contributed by atoms with Crippen molar-refractivity contribution in [1.29, 1.82) is 10.7 Å². The van der Waals surface area contributed by atoms with Crippen LogP contribution in [0.25, 0.3) is 11.3 Å². The van der Waals surface area contributed by atoms with Gasteiger partial charge >= 0.3 is 0 Å². The highest BCUT2D eigenvalue weighted by atomic mass is 35.5. The SMILES string of the molecule is Cc1ccccc1C1c2c(n[nH]c2-c2ccc(Cl)cc2)OC(=N)C1C#N. The zero-order valence-electron chi connectivity index (χ0n) is 14.0. The summed E-state index contributed by atoms with van der Waals surface area (Å²) in [6.07, 6.45) is 0. The van der Waals surface area contributed by atoms with Crippen LogP contribution >= 0.6 is 11.6 Å². The number of nitriles is 1. The lowest BCUT2D eigenvalue weighted by Crippen LogP contribution is -2.31. The average molecular weight is 363 g/mol. The molecule has 0 saturated carbocycles. The van der Waals surface area contributed by atoms with E-state index >= 15 is 0 Å². The molecule has 2 heterocycles. The van der Waals surface area contributed by atoms with E-state index in [1.165, 1.54) is 0 Å². The molecule has 0 spiro atoms. The van der Waals surface area contributed by atoms with Gasteiger partial charge in [0.05, 0.1) is 17.3 Å². The van der Waals surface area contributed by atoms with Crippen LogP contribution < -0.4 is 4.74 Å². The van der Waals surface area contributed by atoms with E-state index in [-0.39, 0.29) is 11.8 Å². The van der Waals surface area contributed by atoms with Crippen LogP contribution in [0.1, 0.15) is 22.6 Å². The van der Waals surface area contributed by atoms with E-state index < -0.39 is 5.92 Å². The van der Waals surface area contributed by atoms with Crippen molar-refractivity contribution in [3.63, 3.8) is 0 Å². The summed E-state index contributed by atoms with van der Waals surface area (Å²) in [4.78, 5) is 0. The van der Waals surface area contributed by atoms with E-state index in [9.17, 15) is 5.26 Å². The molecule has 4 rings (SSSR count). The maximum Gasteiger partial charge on any atom is 0.244 e. The first-order chi connectivity index (χ1) is 12.6. The fourth-order valence-corrected chi connectivity index (χ4v) is 3.55. The molecule has 0 amide bonds. The van der Waals surface area contributed by atoms with E-state index in [0.29, 0.717) is 10.9 Å². The molecule has 0 aliphatic carbocycles. The largest absolute Gasteiger partial charge is 0.422 e. The number of H-pyrrole nitrogens is 1. The molecule has 0 bridgehead atoms. The van der Waals surface area contributed by atoms with Crippen LogP contribution in [0.3, 0.4) is 0 Å². The van der Waals surface area contributed by atoms with Gasteiger partial charge in [-0.3, -0.25) is 10.5 Å². The fraction of sp³-hybridized carbons (Fsp3) is 0.150. The molecule has 2 unspecified atom stereocenters. The van der Waals surface area contributed by atoms with E-state index in [2.05, 4.69) is 16.3 Å². The Bertz CT molecular complexity index is 1030. The van der Waals surface area contributed by atoms with Gasteiger partial charge in [0.15, 0.2) is 0 Å². The van der Waals surface area contributed by atoms with Crippen molar-refractivity contribution < 1.29 is 4.74 Å². The average Bonchev–Trinajstić information content (AvgIpc) is 3.05. The highest BCUT2D eigenvalue weighted by Crippen LogP contribution is 2.46. The van der Waals surface area contributed by atoms with E-state index in [4.69, 9.17) is 21.7 Å². The molecule has 26 heavy (non-hydrogen) atoms. The number of ether oxygens (including phenoxy) is 1. The standard InChI is InChI=1S/C20H15ClN4O/c1-11-4-2-3-5-14(11)16-15(10-22)19(23)26-20-17(16)18(24-25-20)12-6-8-13(21)9-7-12/h2-9,15-16,23H,1H3,(H,24,25). The lowest BCUT2D eigenvalue weighted by Gasteiger charge is -2.29. The zero-order valence-corrected chi connectivity index (χ0v) is 14.7. The number of rotatable bonds is 2. The maximum atomic E-state index is 9.73. The minimum atomic E-state index is -0.716. The second-order valence-corrected chi connectivity index (χ2v) is 6.67. The molecule has 0 radical (unpaired) electrons. The summed E-state index contributed by atoms with van der Waals surface area (Å²) < 4.78 is 5.55. The summed E-state index contributed by atoms with van der Waals surface area (Å²) in [5.41, 5.74) is 4.52. The topological polar surface area (TPSA) is 85.5 Å². The minimum Gasteiger partial charge on any atom is -0.422 e. The van der Waals surface area contributed by atoms with Crippen LogP contribution in [0.2, 0.25) is 5.02 Å². The number of benzene rings is 2. The Kier molecular flexibility index (Phi) is 3.98. The van der Waals surface area contributed by atoms with Crippen LogP contribution in [0.5, 0.6) is 5.88 Å². The van der Waals surface area contributed by atoms with Crippen molar-refractivity contribution in [1.82, 2.24) is 10.2 Å². The zero-order chi connectivity index (χ0) is 18.3. The molecular formula is C20H15ClN4O. The molecular weight excluding hydrogens is 348 g/mol. The van der Waals surface area contributed by atoms with Gasteiger partial charge in [-0.05, 0) is 30.2 Å². The molecule has 3 aromatic rings. The van der Waals surface area contributed by atoms with Gasteiger partial charge in [-0.1, -0.05) is 48.0 Å². The number of fused-ring (bicyclic) bond motifs is 1. The molecule has 0 fully saturated rings. The van der Waals surface area contributed by atoms with Crippen LogP contribution in [0, 0.1) is 29.6 Å². The molecule has 1 aromatic heterocycles. The smallest absolute Gasteiger partial charge is 0.244 e. The Morgan fingerprint density at radius 1 is 1.19 bits per heavy atom. The molecule has 1 aliphatic rings. The lowest BCUT2D eigenvalue weighted by atomic mass is 9.77. The van der Waals surface area contributed by atoms with Crippen molar-refractivity contribution in [3.05, 3.63) is 70.2 Å². The monoisotopic (exact) mass is 362 g/mol. The fourth-order valence-electron chi connectivity index (χ4n) is 3.43. The van der Waals surface area contributed by atoms with Crippen LogP contribution in [0.15, 0.2) is 48.5 Å². The summed E-state index contributed by atoms with van der Waals surface area (Å²) >= 11 is 6.00. The van der Waals surface area contributed by atoms with Crippen LogP contribution in [0.4, 0.5) is 0 Å². The lowest BCUT2D eigenvalue weighted by molar-refractivity contribution is 0.437. The van der Waals surface area contributed by atoms with Crippen molar-refractivity contribution in [2.45, 2.75) is 12.8 Å². The first-order valence-electron chi connectivity index (χ1n) is 8.15. The number of hydrogen-bond donors (Lipinski definition) is 2. The second-order valence-electron chi connectivity index (χ2n) is 6.23. The molecule has 2 atom stereocenters. The molecule has 5 nitrogen and oxygen atoms in total.